The van der Waals surface area contributed by atoms with E-state index in [4.69, 9.17) is 33.7 Å². The lowest BCUT2D eigenvalue weighted by Gasteiger charge is -2.32. The van der Waals surface area contributed by atoms with Crippen LogP contribution < -0.4 is 10.5 Å². The molecule has 2 aromatic heterocycles. The van der Waals surface area contributed by atoms with Crippen molar-refractivity contribution in [3.63, 3.8) is 0 Å². The lowest BCUT2D eigenvalue weighted by molar-refractivity contribution is -0.132. The van der Waals surface area contributed by atoms with Crippen molar-refractivity contribution < 1.29 is 13.9 Å². The molecule has 1 fully saturated rings. The second kappa shape index (κ2) is 11.3. The lowest BCUT2D eigenvalue weighted by atomic mass is 10.0. The molecule has 1 unspecified atom stereocenters. The molecular weight excluding hydrogens is 607 g/mol. The van der Waals surface area contributed by atoms with E-state index >= 15 is 0 Å². The first-order valence-electron chi connectivity index (χ1n) is 11.2. The molecule has 2 N–H and O–H groups in total. The second-order valence-corrected chi connectivity index (χ2v) is 10.2. The number of nitrogen functional groups attached to an aromatic ring is 1. The van der Waals surface area contributed by atoms with Gasteiger partial charge in [-0.3, -0.25) is 9.48 Å². The third kappa shape index (κ3) is 5.83. The quantitative estimate of drug-likeness (QED) is 0.193. The van der Waals surface area contributed by atoms with Crippen LogP contribution in [0.3, 0.4) is 0 Å². The third-order valence-corrected chi connectivity index (χ3v) is 7.36. The number of carbonyl (C=O) groups is 1. The van der Waals surface area contributed by atoms with Crippen LogP contribution in [0.25, 0.3) is 11.1 Å². The molecule has 0 spiro atoms. The number of hydrogen-bond acceptors (Lipinski definition) is 5. The topological polar surface area (TPSA) is 86.3 Å². The van der Waals surface area contributed by atoms with Gasteiger partial charge in [-0.1, -0.05) is 45.8 Å². The number of nitrogens with zero attached hydrogens (tertiary/aromatic N) is 4. The van der Waals surface area contributed by atoms with E-state index in [1.807, 2.05) is 15.8 Å². The number of nitrogens with two attached hydrogens (primary N) is 1. The number of halogens is 4. The van der Waals surface area contributed by atoms with Gasteiger partial charge < -0.3 is 15.4 Å². The van der Waals surface area contributed by atoms with Gasteiger partial charge in [0.05, 0.1) is 17.3 Å². The van der Waals surface area contributed by atoms with Gasteiger partial charge in [0.15, 0.2) is 11.6 Å². The van der Waals surface area contributed by atoms with Gasteiger partial charge in [-0.25, -0.2) is 9.37 Å². The summed E-state index contributed by atoms with van der Waals surface area (Å²) in [6, 6.07) is 4.64. The van der Waals surface area contributed by atoms with E-state index in [1.165, 1.54) is 12.1 Å². The number of carbonyl (C=O) groups excluding carboxylic acids is 1. The Morgan fingerprint density at radius 3 is 2.74 bits per heavy atom. The van der Waals surface area contributed by atoms with Crippen LogP contribution in [0.15, 0.2) is 36.8 Å². The van der Waals surface area contributed by atoms with Crippen molar-refractivity contribution in [2.45, 2.75) is 38.3 Å². The van der Waals surface area contributed by atoms with Crippen molar-refractivity contribution in [3.05, 3.63) is 58.2 Å². The third-order valence-electron chi connectivity index (χ3n) is 6.11. The van der Waals surface area contributed by atoms with Crippen LogP contribution >= 0.6 is 45.8 Å². The van der Waals surface area contributed by atoms with Crippen LogP contribution in [0.5, 0.6) is 5.75 Å². The Bertz CT molecular complexity index is 1220. The van der Waals surface area contributed by atoms with Gasteiger partial charge in [0.25, 0.3) is 0 Å². The summed E-state index contributed by atoms with van der Waals surface area (Å²) >= 11 is 14.6. The van der Waals surface area contributed by atoms with Crippen LogP contribution in [-0.2, 0) is 4.79 Å². The number of ether oxygens (including phenoxy) is 1. The highest BCUT2D eigenvalue weighted by molar-refractivity contribution is 14.1. The van der Waals surface area contributed by atoms with Gasteiger partial charge in [0.1, 0.15) is 11.9 Å². The monoisotopic (exact) mass is 631 g/mol. The molecule has 7 nitrogen and oxygen atoms in total. The summed E-state index contributed by atoms with van der Waals surface area (Å²) in [5.41, 5.74) is 8.03. The molecule has 1 amide bonds. The van der Waals surface area contributed by atoms with Crippen LogP contribution in [0.2, 0.25) is 10.0 Å². The highest BCUT2D eigenvalue weighted by Crippen LogP contribution is 2.37. The summed E-state index contributed by atoms with van der Waals surface area (Å²) in [5.74, 6) is 0.171. The largest absolute Gasteiger partial charge is 0.482 e. The Morgan fingerprint density at radius 1 is 1.29 bits per heavy atom. The number of amides is 1. The van der Waals surface area contributed by atoms with Crippen molar-refractivity contribution in [1.29, 1.82) is 0 Å². The lowest BCUT2D eigenvalue weighted by Crippen LogP contribution is -2.39. The number of aromatic nitrogens is 3. The smallest absolute Gasteiger partial charge is 0.223 e. The first-order chi connectivity index (χ1) is 16.8. The van der Waals surface area contributed by atoms with E-state index in [9.17, 15) is 9.18 Å². The molecule has 35 heavy (non-hydrogen) atoms. The number of rotatable bonds is 7. The minimum Gasteiger partial charge on any atom is -0.482 e. The molecule has 4 rings (SSSR count). The summed E-state index contributed by atoms with van der Waals surface area (Å²) in [5, 5.41) is 4.77. The van der Waals surface area contributed by atoms with Crippen molar-refractivity contribution >= 4 is 57.5 Å². The molecule has 1 aliphatic rings. The summed E-state index contributed by atoms with van der Waals surface area (Å²) < 4.78 is 22.7. The Hall–Kier alpha value is -2.11. The first-order valence-corrected chi connectivity index (χ1v) is 13.5. The molecule has 0 aliphatic carbocycles. The zero-order valence-electron chi connectivity index (χ0n) is 19.1. The predicted molar refractivity (Wildman–Crippen MR) is 144 cm³/mol. The molecule has 186 valence electrons. The molecule has 1 aromatic carbocycles. The van der Waals surface area contributed by atoms with E-state index in [-0.39, 0.29) is 22.8 Å². The fourth-order valence-electron chi connectivity index (χ4n) is 4.18. The Morgan fingerprint density at radius 2 is 2.03 bits per heavy atom. The first kappa shape index (κ1) is 26.0. The highest BCUT2D eigenvalue weighted by Gasteiger charge is 2.24. The number of piperidine rings is 1. The fourth-order valence-corrected chi connectivity index (χ4v) is 5.32. The molecule has 3 aromatic rings. The number of hydrogen-bond donors (Lipinski definition) is 1. The van der Waals surface area contributed by atoms with E-state index in [1.54, 1.807) is 25.4 Å². The van der Waals surface area contributed by atoms with Crippen molar-refractivity contribution in [2.75, 3.05) is 23.3 Å². The van der Waals surface area contributed by atoms with Crippen LogP contribution in [0.4, 0.5) is 10.2 Å². The summed E-state index contributed by atoms with van der Waals surface area (Å²) in [7, 11) is 0. The molecular formula is C24H25Cl2FIN5O2. The normalized spacial score (nSPS) is 15.3. The maximum Gasteiger partial charge on any atom is 0.223 e. The molecule has 1 atom stereocenters. The molecule has 0 bridgehead atoms. The van der Waals surface area contributed by atoms with E-state index in [0.717, 1.165) is 41.5 Å². The maximum atomic E-state index is 14.0. The summed E-state index contributed by atoms with van der Waals surface area (Å²) in [6.45, 7) is 3.19. The minimum absolute atomic E-state index is 0.0870. The average molecular weight is 632 g/mol. The molecule has 3 heterocycles. The Labute approximate surface area is 226 Å². The van der Waals surface area contributed by atoms with Crippen LogP contribution in [0.1, 0.15) is 43.9 Å². The van der Waals surface area contributed by atoms with Crippen molar-refractivity contribution in [2.24, 2.45) is 0 Å². The number of benzene rings is 1. The number of alkyl halides is 1. The molecule has 11 heteroatoms. The number of likely N-dealkylation sites (tertiary alicyclic amines) is 1. The summed E-state index contributed by atoms with van der Waals surface area (Å²) in [4.78, 5) is 18.3. The highest BCUT2D eigenvalue weighted by atomic mass is 127. The standard InChI is InChI=1S/C24H25Cl2FIN5O2/c1-14(22-18(25)2-3-19(27)23(22)26)35-20-10-15(11-30-24(20)29)16-12-31-33(13-16)17-5-8-32(9-6-17)21(34)4-7-28/h2-3,10-14,17H,4-9H2,1H3,(H2,29,30). The fraction of sp³-hybridized carbons (Fsp3) is 0.375. The van der Waals surface area contributed by atoms with Gasteiger partial charge in [0.2, 0.25) is 5.91 Å². The SMILES string of the molecule is CC(Oc1cc(-c2cnn(C3CCN(C(=O)CCI)CC3)c2)cnc1N)c1c(Cl)ccc(F)c1Cl. The Balaban J connectivity index is 1.48. The van der Waals surface area contributed by atoms with Gasteiger partial charge in [-0.15, -0.1) is 0 Å². The maximum absolute atomic E-state index is 14.0. The molecule has 0 saturated carbocycles. The zero-order chi connectivity index (χ0) is 25.1. The van der Waals surface area contributed by atoms with E-state index in [0.29, 0.717) is 22.8 Å². The average Bonchev–Trinajstić information content (AvgIpc) is 3.34. The van der Waals surface area contributed by atoms with Gasteiger partial charge >= 0.3 is 0 Å². The van der Waals surface area contributed by atoms with E-state index in [2.05, 4.69) is 32.7 Å². The second-order valence-electron chi connectivity index (χ2n) is 8.38. The van der Waals surface area contributed by atoms with Crippen LogP contribution in [-0.4, -0.2) is 43.1 Å². The summed E-state index contributed by atoms with van der Waals surface area (Å²) in [6.07, 6.45) is 7.03. The zero-order valence-corrected chi connectivity index (χ0v) is 22.7. The molecule has 0 radical (unpaired) electrons. The van der Waals surface area contributed by atoms with Gasteiger partial charge in [-0.2, -0.15) is 5.10 Å². The van der Waals surface area contributed by atoms with Crippen molar-refractivity contribution in [3.8, 4) is 16.9 Å². The Kier molecular flexibility index (Phi) is 8.38. The molecule has 1 saturated heterocycles. The van der Waals surface area contributed by atoms with Gasteiger partial charge in [0, 0.05) is 58.0 Å². The van der Waals surface area contributed by atoms with Crippen molar-refractivity contribution in [1.82, 2.24) is 19.7 Å². The predicted octanol–water partition coefficient (Wildman–Crippen LogP) is 6.10. The minimum atomic E-state index is -0.659. The van der Waals surface area contributed by atoms with E-state index < -0.39 is 11.9 Å². The number of anilines is 1. The number of pyridine rings is 1. The van der Waals surface area contributed by atoms with Crippen LogP contribution in [0, 0.1) is 5.82 Å². The van der Waals surface area contributed by atoms with Gasteiger partial charge in [-0.05, 0) is 38.0 Å². The molecule has 1 aliphatic heterocycles.